The van der Waals surface area contributed by atoms with Gasteiger partial charge in [0.05, 0.1) is 19.0 Å². The molecule has 0 atom stereocenters. The van der Waals surface area contributed by atoms with Crippen LogP contribution in [0.1, 0.15) is 23.1 Å². The number of rotatable bonds is 8. The van der Waals surface area contributed by atoms with Crippen molar-refractivity contribution in [2.75, 3.05) is 37.7 Å². The third-order valence-corrected chi connectivity index (χ3v) is 6.07. The SMILES string of the molecule is Cc1cccc(CS(=O)(=O)NCCCc2ccc(N3CCOCC3)cc2)c1. The van der Waals surface area contributed by atoms with Crippen LogP contribution in [0.3, 0.4) is 0 Å². The molecule has 0 saturated carbocycles. The highest BCUT2D eigenvalue weighted by Crippen LogP contribution is 2.17. The van der Waals surface area contributed by atoms with Gasteiger partial charge in [0.1, 0.15) is 0 Å². The van der Waals surface area contributed by atoms with Crippen LogP contribution in [0.5, 0.6) is 0 Å². The van der Waals surface area contributed by atoms with E-state index in [1.54, 1.807) is 0 Å². The number of hydrogen-bond acceptors (Lipinski definition) is 4. The summed E-state index contributed by atoms with van der Waals surface area (Å²) in [6, 6.07) is 16.2. The predicted molar refractivity (Wildman–Crippen MR) is 110 cm³/mol. The van der Waals surface area contributed by atoms with Crippen LogP contribution in [-0.4, -0.2) is 41.3 Å². The van der Waals surface area contributed by atoms with Gasteiger partial charge in [-0.15, -0.1) is 0 Å². The van der Waals surface area contributed by atoms with Crippen molar-refractivity contribution in [3.63, 3.8) is 0 Å². The van der Waals surface area contributed by atoms with Gasteiger partial charge in [-0.2, -0.15) is 0 Å². The zero-order valence-corrected chi connectivity index (χ0v) is 16.7. The molecule has 2 aromatic carbocycles. The fourth-order valence-electron chi connectivity index (χ4n) is 3.29. The minimum absolute atomic E-state index is 0.0307. The molecule has 3 rings (SSSR count). The highest BCUT2D eigenvalue weighted by molar-refractivity contribution is 7.88. The van der Waals surface area contributed by atoms with Crippen molar-refractivity contribution < 1.29 is 13.2 Å². The van der Waals surface area contributed by atoms with E-state index in [0.717, 1.165) is 50.3 Å². The standard InChI is InChI=1S/C21H28N2O3S/c1-18-4-2-5-20(16-18)17-27(24,25)22-11-3-6-19-7-9-21(10-8-19)23-12-14-26-15-13-23/h2,4-5,7-10,16,22H,3,6,11-15,17H2,1H3. The Balaban J connectivity index is 1.42. The first-order valence-electron chi connectivity index (χ1n) is 9.46. The fourth-order valence-corrected chi connectivity index (χ4v) is 4.46. The van der Waals surface area contributed by atoms with E-state index < -0.39 is 10.0 Å². The summed E-state index contributed by atoms with van der Waals surface area (Å²) in [5, 5.41) is 0. The molecular formula is C21H28N2O3S. The molecule has 1 aliphatic rings. The zero-order chi connectivity index (χ0) is 19.1. The van der Waals surface area contributed by atoms with Crippen LogP contribution in [0.25, 0.3) is 0 Å². The molecule has 5 nitrogen and oxygen atoms in total. The van der Waals surface area contributed by atoms with E-state index in [9.17, 15) is 8.42 Å². The number of ether oxygens (including phenoxy) is 1. The first kappa shape index (κ1) is 19.9. The number of morpholine rings is 1. The maximum atomic E-state index is 12.2. The molecule has 6 heteroatoms. The summed E-state index contributed by atoms with van der Waals surface area (Å²) >= 11 is 0. The summed E-state index contributed by atoms with van der Waals surface area (Å²) in [4.78, 5) is 2.33. The second-order valence-electron chi connectivity index (χ2n) is 7.01. The van der Waals surface area contributed by atoms with Crippen molar-refractivity contribution in [3.8, 4) is 0 Å². The molecule has 0 aromatic heterocycles. The van der Waals surface area contributed by atoms with Gasteiger partial charge < -0.3 is 9.64 Å². The second kappa shape index (κ2) is 9.35. The molecule has 1 heterocycles. The summed E-state index contributed by atoms with van der Waals surface area (Å²) in [6.45, 7) is 5.85. The maximum Gasteiger partial charge on any atom is 0.215 e. The summed E-state index contributed by atoms with van der Waals surface area (Å²) in [6.07, 6.45) is 1.64. The third-order valence-electron chi connectivity index (χ3n) is 4.72. The first-order chi connectivity index (χ1) is 13.0. The van der Waals surface area contributed by atoms with E-state index >= 15 is 0 Å². The lowest BCUT2D eigenvalue weighted by molar-refractivity contribution is 0.122. The summed E-state index contributed by atoms with van der Waals surface area (Å²) < 4.78 is 32.5. The van der Waals surface area contributed by atoms with Gasteiger partial charge in [-0.1, -0.05) is 42.0 Å². The van der Waals surface area contributed by atoms with E-state index in [-0.39, 0.29) is 5.75 Å². The van der Waals surface area contributed by atoms with Crippen LogP contribution >= 0.6 is 0 Å². The monoisotopic (exact) mass is 388 g/mol. The second-order valence-corrected chi connectivity index (χ2v) is 8.82. The number of nitrogens with one attached hydrogen (secondary N) is 1. The fraction of sp³-hybridized carbons (Fsp3) is 0.429. The van der Waals surface area contributed by atoms with Crippen LogP contribution < -0.4 is 9.62 Å². The molecule has 27 heavy (non-hydrogen) atoms. The quantitative estimate of drug-likeness (QED) is 0.707. The largest absolute Gasteiger partial charge is 0.378 e. The van der Waals surface area contributed by atoms with Gasteiger partial charge in [-0.25, -0.2) is 13.1 Å². The smallest absolute Gasteiger partial charge is 0.215 e. The highest BCUT2D eigenvalue weighted by Gasteiger charge is 2.12. The first-order valence-corrected chi connectivity index (χ1v) is 11.1. The summed E-state index contributed by atoms with van der Waals surface area (Å²) in [5.74, 6) is 0.0307. The number of benzene rings is 2. The molecular weight excluding hydrogens is 360 g/mol. The lowest BCUT2D eigenvalue weighted by Crippen LogP contribution is -2.36. The molecule has 0 amide bonds. The Morgan fingerprint density at radius 2 is 1.78 bits per heavy atom. The topological polar surface area (TPSA) is 58.6 Å². The van der Waals surface area contributed by atoms with E-state index in [1.165, 1.54) is 11.3 Å². The van der Waals surface area contributed by atoms with Gasteiger partial charge >= 0.3 is 0 Å². The molecule has 0 radical (unpaired) electrons. The molecule has 1 aliphatic heterocycles. The molecule has 2 aromatic rings. The zero-order valence-electron chi connectivity index (χ0n) is 15.9. The van der Waals surface area contributed by atoms with Crippen LogP contribution in [0.4, 0.5) is 5.69 Å². The Labute approximate surface area is 162 Å². The molecule has 1 fully saturated rings. The number of hydrogen-bond donors (Lipinski definition) is 1. The van der Waals surface area contributed by atoms with Gasteiger partial charge in [-0.3, -0.25) is 0 Å². The van der Waals surface area contributed by atoms with Crippen molar-refractivity contribution in [1.29, 1.82) is 0 Å². The highest BCUT2D eigenvalue weighted by atomic mass is 32.2. The number of aryl methyl sites for hydroxylation is 2. The van der Waals surface area contributed by atoms with E-state index in [4.69, 9.17) is 4.74 Å². The number of anilines is 1. The van der Waals surface area contributed by atoms with Gasteiger partial charge in [0.15, 0.2) is 0 Å². The third kappa shape index (κ3) is 6.34. The van der Waals surface area contributed by atoms with Crippen molar-refractivity contribution in [2.24, 2.45) is 0 Å². The molecule has 1 saturated heterocycles. The maximum absolute atomic E-state index is 12.2. The Hall–Kier alpha value is -1.89. The Morgan fingerprint density at radius 3 is 2.48 bits per heavy atom. The molecule has 0 spiro atoms. The van der Waals surface area contributed by atoms with Gasteiger partial charge in [-0.05, 0) is 43.0 Å². The van der Waals surface area contributed by atoms with E-state index in [0.29, 0.717) is 6.54 Å². The van der Waals surface area contributed by atoms with Crippen molar-refractivity contribution in [3.05, 3.63) is 65.2 Å². The lowest BCUT2D eigenvalue weighted by atomic mass is 10.1. The van der Waals surface area contributed by atoms with Crippen molar-refractivity contribution in [2.45, 2.75) is 25.5 Å². The molecule has 146 valence electrons. The molecule has 0 unspecified atom stereocenters. The summed E-state index contributed by atoms with van der Waals surface area (Å²) in [7, 11) is -3.30. The van der Waals surface area contributed by atoms with E-state index in [1.807, 2.05) is 31.2 Å². The minimum atomic E-state index is -3.30. The Morgan fingerprint density at radius 1 is 1.04 bits per heavy atom. The number of nitrogens with zero attached hydrogens (tertiary/aromatic N) is 1. The average molecular weight is 389 g/mol. The van der Waals surface area contributed by atoms with E-state index in [2.05, 4.69) is 33.9 Å². The van der Waals surface area contributed by atoms with Crippen LogP contribution in [0.2, 0.25) is 0 Å². The van der Waals surface area contributed by atoms with Gasteiger partial charge in [0.25, 0.3) is 0 Å². The van der Waals surface area contributed by atoms with Gasteiger partial charge in [0, 0.05) is 25.3 Å². The van der Waals surface area contributed by atoms with Crippen LogP contribution in [0.15, 0.2) is 48.5 Å². The molecule has 0 bridgehead atoms. The van der Waals surface area contributed by atoms with Crippen molar-refractivity contribution >= 4 is 15.7 Å². The molecule has 0 aliphatic carbocycles. The minimum Gasteiger partial charge on any atom is -0.378 e. The summed E-state index contributed by atoms with van der Waals surface area (Å²) in [5.41, 5.74) is 4.34. The van der Waals surface area contributed by atoms with Crippen LogP contribution in [0, 0.1) is 6.92 Å². The average Bonchev–Trinajstić information content (AvgIpc) is 2.66. The van der Waals surface area contributed by atoms with Crippen molar-refractivity contribution in [1.82, 2.24) is 4.72 Å². The number of sulfonamides is 1. The molecule has 1 N–H and O–H groups in total. The predicted octanol–water partition coefficient (Wildman–Crippen LogP) is 2.88. The normalized spacial score (nSPS) is 15.1. The van der Waals surface area contributed by atoms with Gasteiger partial charge in [0.2, 0.25) is 10.0 Å². The lowest BCUT2D eigenvalue weighted by Gasteiger charge is -2.28. The Bertz CT molecular complexity index is 829. The van der Waals surface area contributed by atoms with Crippen LogP contribution in [-0.2, 0) is 26.9 Å². The Kier molecular flexibility index (Phi) is 6.88.